The lowest BCUT2D eigenvalue weighted by Gasteiger charge is -2.25. The van der Waals surface area contributed by atoms with E-state index in [0.717, 1.165) is 23.0 Å². The van der Waals surface area contributed by atoms with Gasteiger partial charge in [0.05, 0.1) is 0 Å². The Morgan fingerprint density at radius 1 is 1.17 bits per heavy atom. The maximum absolute atomic E-state index is 4.11. The van der Waals surface area contributed by atoms with Crippen molar-refractivity contribution in [2.75, 3.05) is 5.32 Å². The fourth-order valence-corrected chi connectivity index (χ4v) is 2.57. The maximum atomic E-state index is 4.11. The molecule has 18 heavy (non-hydrogen) atoms. The second kappa shape index (κ2) is 5.48. The zero-order valence-corrected chi connectivity index (χ0v) is 11.9. The Balaban J connectivity index is 1.91. The quantitative estimate of drug-likeness (QED) is 0.892. The maximum Gasteiger partial charge on any atom is 0.206 e. The van der Waals surface area contributed by atoms with Gasteiger partial charge in [0.1, 0.15) is 5.01 Å². The average Bonchev–Trinajstić information content (AvgIpc) is 2.73. The second-order valence-electron chi connectivity index (χ2n) is 5.12. The van der Waals surface area contributed by atoms with Crippen LogP contribution in [-0.2, 0) is 6.42 Å². The van der Waals surface area contributed by atoms with Gasteiger partial charge in [-0.05, 0) is 39.2 Å². The molecule has 1 aromatic carbocycles. The molecule has 96 valence electrons. The molecule has 0 aliphatic carbocycles. The number of hydrogen-bond acceptors (Lipinski definition) is 4. The molecule has 0 bridgehead atoms. The van der Waals surface area contributed by atoms with E-state index in [2.05, 4.69) is 59.7 Å². The van der Waals surface area contributed by atoms with Gasteiger partial charge in [-0.15, -0.1) is 10.2 Å². The third kappa shape index (κ3) is 3.81. The van der Waals surface area contributed by atoms with Crippen molar-refractivity contribution in [3.05, 3.63) is 40.9 Å². The molecule has 1 N–H and O–H groups in total. The van der Waals surface area contributed by atoms with Gasteiger partial charge >= 0.3 is 0 Å². The molecular formula is C14H19N3S. The zero-order chi connectivity index (χ0) is 13.0. The third-order valence-corrected chi connectivity index (χ3v) is 3.61. The van der Waals surface area contributed by atoms with Crippen molar-refractivity contribution >= 4 is 16.5 Å². The summed E-state index contributed by atoms with van der Waals surface area (Å²) in [5.74, 6) is 0. The number of anilines is 1. The van der Waals surface area contributed by atoms with E-state index in [1.807, 2.05) is 6.92 Å². The summed E-state index contributed by atoms with van der Waals surface area (Å²) in [6, 6.07) is 10.6. The van der Waals surface area contributed by atoms with E-state index in [-0.39, 0.29) is 5.54 Å². The summed E-state index contributed by atoms with van der Waals surface area (Å²) >= 11 is 1.60. The van der Waals surface area contributed by atoms with Crippen LogP contribution in [0.25, 0.3) is 0 Å². The molecule has 3 nitrogen and oxygen atoms in total. The number of aryl methyl sites for hydroxylation is 2. The number of hydrogen-bond donors (Lipinski definition) is 1. The summed E-state index contributed by atoms with van der Waals surface area (Å²) in [6.07, 6.45) is 2.13. The minimum Gasteiger partial charge on any atom is -0.355 e. The van der Waals surface area contributed by atoms with Crippen molar-refractivity contribution in [1.29, 1.82) is 0 Å². The Labute approximate surface area is 112 Å². The van der Waals surface area contributed by atoms with Crippen LogP contribution in [-0.4, -0.2) is 15.7 Å². The normalized spacial score (nSPS) is 11.5. The Morgan fingerprint density at radius 2 is 1.89 bits per heavy atom. The van der Waals surface area contributed by atoms with Gasteiger partial charge in [-0.3, -0.25) is 0 Å². The third-order valence-electron chi connectivity index (χ3n) is 2.85. The lowest BCUT2D eigenvalue weighted by molar-refractivity contribution is 0.517. The number of nitrogens with zero attached hydrogens (tertiary/aromatic N) is 2. The van der Waals surface area contributed by atoms with Crippen LogP contribution in [0.4, 0.5) is 5.13 Å². The molecule has 2 rings (SSSR count). The van der Waals surface area contributed by atoms with Crippen LogP contribution >= 0.6 is 11.3 Å². The molecule has 4 heteroatoms. The van der Waals surface area contributed by atoms with Crippen LogP contribution in [0, 0.1) is 6.92 Å². The first-order chi connectivity index (χ1) is 8.55. The summed E-state index contributed by atoms with van der Waals surface area (Å²) in [5.41, 5.74) is 1.41. The highest BCUT2D eigenvalue weighted by Crippen LogP contribution is 2.22. The van der Waals surface area contributed by atoms with Gasteiger partial charge in [-0.2, -0.15) is 0 Å². The summed E-state index contributed by atoms with van der Waals surface area (Å²) in [7, 11) is 0. The highest BCUT2D eigenvalue weighted by molar-refractivity contribution is 7.15. The van der Waals surface area contributed by atoms with E-state index in [1.165, 1.54) is 5.56 Å². The van der Waals surface area contributed by atoms with E-state index in [4.69, 9.17) is 0 Å². The minimum atomic E-state index is 0.0296. The van der Waals surface area contributed by atoms with Crippen molar-refractivity contribution in [2.24, 2.45) is 0 Å². The molecule has 2 aromatic rings. The Hall–Kier alpha value is -1.42. The monoisotopic (exact) mass is 261 g/mol. The second-order valence-corrected chi connectivity index (χ2v) is 6.30. The lowest BCUT2D eigenvalue weighted by atomic mass is 9.95. The number of nitrogens with one attached hydrogen (secondary N) is 1. The fraction of sp³-hybridized carbons (Fsp3) is 0.429. The predicted molar refractivity (Wildman–Crippen MR) is 77.1 cm³/mol. The van der Waals surface area contributed by atoms with Crippen LogP contribution in [0.2, 0.25) is 0 Å². The molecule has 1 aromatic heterocycles. The van der Waals surface area contributed by atoms with Gasteiger partial charge in [-0.1, -0.05) is 41.7 Å². The molecule has 0 aliphatic heterocycles. The van der Waals surface area contributed by atoms with Gasteiger partial charge in [-0.25, -0.2) is 0 Å². The van der Waals surface area contributed by atoms with Gasteiger partial charge in [0, 0.05) is 5.54 Å². The van der Waals surface area contributed by atoms with Crippen LogP contribution in [0.3, 0.4) is 0 Å². The fourth-order valence-electron chi connectivity index (χ4n) is 1.80. The summed E-state index contributed by atoms with van der Waals surface area (Å²) in [5, 5.41) is 13.5. The predicted octanol–water partition coefficient (Wildman–Crippen LogP) is 3.67. The van der Waals surface area contributed by atoms with Crippen LogP contribution in [0.1, 0.15) is 30.8 Å². The molecule has 0 atom stereocenters. The molecule has 0 aliphatic rings. The average molecular weight is 261 g/mol. The molecule has 0 unspecified atom stereocenters. The van der Waals surface area contributed by atoms with Crippen LogP contribution in [0.5, 0.6) is 0 Å². The molecule has 1 heterocycles. The van der Waals surface area contributed by atoms with Crippen molar-refractivity contribution in [1.82, 2.24) is 10.2 Å². The van der Waals surface area contributed by atoms with Crippen molar-refractivity contribution < 1.29 is 0 Å². The van der Waals surface area contributed by atoms with E-state index >= 15 is 0 Å². The Kier molecular flexibility index (Phi) is 3.97. The lowest BCUT2D eigenvalue weighted by Crippen LogP contribution is -2.31. The first-order valence-corrected chi connectivity index (χ1v) is 6.99. The topological polar surface area (TPSA) is 37.8 Å². The summed E-state index contributed by atoms with van der Waals surface area (Å²) in [4.78, 5) is 0. The summed E-state index contributed by atoms with van der Waals surface area (Å²) < 4.78 is 0. The molecule has 0 spiro atoms. The zero-order valence-electron chi connectivity index (χ0n) is 11.1. The van der Waals surface area contributed by atoms with E-state index in [1.54, 1.807) is 11.3 Å². The van der Waals surface area contributed by atoms with Crippen LogP contribution in [0.15, 0.2) is 30.3 Å². The number of rotatable bonds is 5. The first kappa shape index (κ1) is 13.0. The van der Waals surface area contributed by atoms with Crippen molar-refractivity contribution in [3.63, 3.8) is 0 Å². The Morgan fingerprint density at radius 3 is 2.50 bits per heavy atom. The summed E-state index contributed by atoms with van der Waals surface area (Å²) in [6.45, 7) is 6.37. The molecule has 0 fully saturated rings. The Bertz CT molecular complexity index is 491. The van der Waals surface area contributed by atoms with E-state index < -0.39 is 0 Å². The molecule has 0 radical (unpaired) electrons. The van der Waals surface area contributed by atoms with Crippen molar-refractivity contribution in [3.8, 4) is 0 Å². The first-order valence-electron chi connectivity index (χ1n) is 6.17. The molecule has 0 saturated heterocycles. The minimum absolute atomic E-state index is 0.0296. The molecule has 0 amide bonds. The highest BCUT2D eigenvalue weighted by atomic mass is 32.1. The van der Waals surface area contributed by atoms with Gasteiger partial charge < -0.3 is 5.32 Å². The largest absolute Gasteiger partial charge is 0.355 e. The standard InChI is InChI=1S/C14H19N3S/c1-11-16-17-13(18-11)15-14(2,3)10-9-12-7-5-4-6-8-12/h4-8H,9-10H2,1-3H3,(H,15,17). The molecule has 0 saturated carbocycles. The van der Waals surface area contributed by atoms with Gasteiger partial charge in [0.25, 0.3) is 0 Å². The molecular weight excluding hydrogens is 242 g/mol. The number of benzene rings is 1. The number of aromatic nitrogens is 2. The SMILES string of the molecule is Cc1nnc(NC(C)(C)CCc2ccccc2)s1. The highest BCUT2D eigenvalue weighted by Gasteiger charge is 2.18. The van der Waals surface area contributed by atoms with Gasteiger partial charge in [0.2, 0.25) is 5.13 Å². The van der Waals surface area contributed by atoms with Crippen molar-refractivity contribution in [2.45, 2.75) is 39.2 Å². The van der Waals surface area contributed by atoms with E-state index in [9.17, 15) is 0 Å². The van der Waals surface area contributed by atoms with Crippen LogP contribution < -0.4 is 5.32 Å². The smallest absolute Gasteiger partial charge is 0.206 e. The van der Waals surface area contributed by atoms with E-state index in [0.29, 0.717) is 0 Å². The van der Waals surface area contributed by atoms with Gasteiger partial charge in [0.15, 0.2) is 0 Å².